The second-order valence-electron chi connectivity index (χ2n) is 5.05. The Kier molecular flexibility index (Phi) is 4.74. The Morgan fingerprint density at radius 1 is 1.47 bits per heavy atom. The summed E-state index contributed by atoms with van der Waals surface area (Å²) in [5.74, 6) is 0.416. The molecule has 0 radical (unpaired) electrons. The summed E-state index contributed by atoms with van der Waals surface area (Å²) >= 11 is 0. The maximum Gasteiger partial charge on any atom is 0.170 e. The van der Waals surface area contributed by atoms with Crippen LogP contribution >= 0.6 is 0 Å². The molecular formula is C14H20FN3O. The third-order valence-electron chi connectivity index (χ3n) is 3.73. The molecule has 19 heavy (non-hydrogen) atoms. The summed E-state index contributed by atoms with van der Waals surface area (Å²) in [6.07, 6.45) is 5.22. The molecule has 4 nitrogen and oxygen atoms in total. The Hall–Kier alpha value is -1.62. The molecule has 0 bridgehead atoms. The highest BCUT2D eigenvalue weighted by Gasteiger charge is 2.16. The van der Waals surface area contributed by atoms with E-state index < -0.39 is 0 Å². The monoisotopic (exact) mass is 265 g/mol. The molecule has 0 atom stereocenters. The van der Waals surface area contributed by atoms with Crippen LogP contribution in [0.2, 0.25) is 0 Å². The van der Waals surface area contributed by atoms with E-state index in [1.54, 1.807) is 6.07 Å². The third kappa shape index (κ3) is 3.67. The number of nitrogens with one attached hydrogen (secondary N) is 1. The van der Waals surface area contributed by atoms with E-state index >= 15 is 0 Å². The van der Waals surface area contributed by atoms with E-state index in [4.69, 9.17) is 10.9 Å². The van der Waals surface area contributed by atoms with Crippen LogP contribution in [0.3, 0.4) is 0 Å². The first-order chi connectivity index (χ1) is 9.20. The second kappa shape index (κ2) is 6.52. The summed E-state index contributed by atoms with van der Waals surface area (Å²) < 4.78 is 13.2. The second-order valence-corrected chi connectivity index (χ2v) is 5.05. The lowest BCUT2D eigenvalue weighted by atomic mass is 9.83. The predicted molar refractivity (Wildman–Crippen MR) is 72.6 cm³/mol. The standard InChI is InChI=1S/C14H20FN3O/c15-12-5-4-11(13(8-12)14(16)18-19)9-17-7-6-10-2-1-3-10/h4-5,8,10,17,19H,1-3,6-7,9H2,(H2,16,18). The summed E-state index contributed by atoms with van der Waals surface area (Å²) in [5, 5.41) is 15.0. The van der Waals surface area contributed by atoms with Crippen molar-refractivity contribution < 1.29 is 9.60 Å². The molecule has 0 heterocycles. The van der Waals surface area contributed by atoms with Crippen molar-refractivity contribution >= 4 is 5.84 Å². The molecule has 0 spiro atoms. The molecule has 0 unspecified atom stereocenters. The molecular weight excluding hydrogens is 245 g/mol. The van der Waals surface area contributed by atoms with Crippen LogP contribution in [0.1, 0.15) is 36.8 Å². The summed E-state index contributed by atoms with van der Waals surface area (Å²) in [7, 11) is 0. The van der Waals surface area contributed by atoms with Crippen molar-refractivity contribution in [2.24, 2.45) is 16.8 Å². The molecule has 5 heteroatoms. The molecule has 0 aliphatic heterocycles. The van der Waals surface area contributed by atoms with Crippen molar-refractivity contribution in [1.29, 1.82) is 0 Å². The number of rotatable bonds is 6. The molecule has 1 fully saturated rings. The summed E-state index contributed by atoms with van der Waals surface area (Å²) in [6, 6.07) is 4.34. The van der Waals surface area contributed by atoms with Crippen LogP contribution in [0.15, 0.2) is 23.4 Å². The first-order valence-electron chi connectivity index (χ1n) is 6.67. The predicted octanol–water partition coefficient (Wildman–Crippen LogP) is 2.20. The molecule has 2 rings (SSSR count). The van der Waals surface area contributed by atoms with Gasteiger partial charge in [0.05, 0.1) is 0 Å². The van der Waals surface area contributed by atoms with Crippen molar-refractivity contribution in [3.8, 4) is 0 Å². The molecule has 0 amide bonds. The van der Waals surface area contributed by atoms with Gasteiger partial charge in [0.25, 0.3) is 0 Å². The van der Waals surface area contributed by atoms with Gasteiger partial charge in [0.1, 0.15) is 5.82 Å². The lowest BCUT2D eigenvalue weighted by Gasteiger charge is -2.25. The van der Waals surface area contributed by atoms with Gasteiger partial charge in [0.2, 0.25) is 0 Å². The van der Waals surface area contributed by atoms with E-state index in [-0.39, 0.29) is 11.7 Å². The Morgan fingerprint density at radius 3 is 2.89 bits per heavy atom. The number of amidine groups is 1. The van der Waals surface area contributed by atoms with E-state index in [9.17, 15) is 4.39 Å². The zero-order chi connectivity index (χ0) is 13.7. The Morgan fingerprint density at radius 2 is 2.26 bits per heavy atom. The minimum atomic E-state index is -0.389. The number of halogens is 1. The Balaban J connectivity index is 1.91. The molecule has 1 aliphatic rings. The molecule has 1 aromatic rings. The number of hydrogen-bond acceptors (Lipinski definition) is 3. The Bertz CT molecular complexity index is 458. The number of nitrogens with zero attached hydrogens (tertiary/aromatic N) is 1. The summed E-state index contributed by atoms with van der Waals surface area (Å²) in [4.78, 5) is 0. The lowest BCUT2D eigenvalue weighted by molar-refractivity contribution is 0.292. The minimum Gasteiger partial charge on any atom is -0.409 e. The average molecular weight is 265 g/mol. The average Bonchev–Trinajstić information content (AvgIpc) is 2.37. The van der Waals surface area contributed by atoms with Crippen LogP contribution in [0.4, 0.5) is 4.39 Å². The van der Waals surface area contributed by atoms with Gasteiger partial charge >= 0.3 is 0 Å². The van der Waals surface area contributed by atoms with Crippen LogP contribution in [0.25, 0.3) is 0 Å². The molecule has 104 valence electrons. The highest BCUT2D eigenvalue weighted by molar-refractivity contribution is 5.98. The molecule has 1 aliphatic carbocycles. The van der Waals surface area contributed by atoms with Crippen LogP contribution in [0, 0.1) is 11.7 Å². The highest BCUT2D eigenvalue weighted by atomic mass is 19.1. The molecule has 4 N–H and O–H groups in total. The highest BCUT2D eigenvalue weighted by Crippen LogP contribution is 2.28. The van der Waals surface area contributed by atoms with Crippen LogP contribution in [-0.4, -0.2) is 17.6 Å². The fourth-order valence-electron chi connectivity index (χ4n) is 2.31. The molecule has 1 saturated carbocycles. The van der Waals surface area contributed by atoms with Gasteiger partial charge in [-0.05, 0) is 36.6 Å². The van der Waals surface area contributed by atoms with Crippen molar-refractivity contribution in [3.63, 3.8) is 0 Å². The number of benzene rings is 1. The lowest BCUT2D eigenvalue weighted by Crippen LogP contribution is -2.23. The van der Waals surface area contributed by atoms with Crippen molar-refractivity contribution in [2.45, 2.75) is 32.2 Å². The van der Waals surface area contributed by atoms with Gasteiger partial charge in [-0.25, -0.2) is 4.39 Å². The van der Waals surface area contributed by atoms with Gasteiger partial charge < -0.3 is 16.3 Å². The van der Waals surface area contributed by atoms with E-state index in [1.165, 1.54) is 37.8 Å². The van der Waals surface area contributed by atoms with Crippen LogP contribution in [-0.2, 0) is 6.54 Å². The first kappa shape index (κ1) is 13.8. The first-order valence-corrected chi connectivity index (χ1v) is 6.67. The largest absolute Gasteiger partial charge is 0.409 e. The summed E-state index contributed by atoms with van der Waals surface area (Å²) in [5.41, 5.74) is 6.83. The van der Waals surface area contributed by atoms with Gasteiger partial charge in [0.15, 0.2) is 5.84 Å². The minimum absolute atomic E-state index is 0.0599. The molecule has 1 aromatic carbocycles. The molecule has 0 saturated heterocycles. The number of oxime groups is 1. The zero-order valence-corrected chi connectivity index (χ0v) is 10.9. The van der Waals surface area contributed by atoms with Crippen LogP contribution < -0.4 is 11.1 Å². The van der Waals surface area contributed by atoms with Gasteiger partial charge in [0, 0.05) is 12.1 Å². The van der Waals surface area contributed by atoms with E-state index in [1.807, 2.05) is 0 Å². The maximum absolute atomic E-state index is 13.2. The quantitative estimate of drug-likeness (QED) is 0.243. The smallest absolute Gasteiger partial charge is 0.170 e. The molecule has 0 aromatic heterocycles. The third-order valence-corrected chi connectivity index (χ3v) is 3.73. The van der Waals surface area contributed by atoms with Crippen molar-refractivity contribution in [3.05, 3.63) is 35.1 Å². The number of hydrogen-bond donors (Lipinski definition) is 3. The van der Waals surface area contributed by atoms with Gasteiger partial charge in [-0.2, -0.15) is 0 Å². The summed E-state index contributed by atoms with van der Waals surface area (Å²) in [6.45, 7) is 1.54. The van der Waals surface area contributed by atoms with Crippen molar-refractivity contribution in [1.82, 2.24) is 5.32 Å². The van der Waals surface area contributed by atoms with Crippen LogP contribution in [0.5, 0.6) is 0 Å². The SMILES string of the molecule is N/C(=N/O)c1cc(F)ccc1CNCCC1CCC1. The van der Waals surface area contributed by atoms with E-state index in [0.717, 1.165) is 18.0 Å². The fourth-order valence-corrected chi connectivity index (χ4v) is 2.31. The van der Waals surface area contributed by atoms with Gasteiger partial charge in [-0.3, -0.25) is 0 Å². The maximum atomic E-state index is 13.2. The van der Waals surface area contributed by atoms with Crippen molar-refractivity contribution in [2.75, 3.05) is 6.54 Å². The van der Waals surface area contributed by atoms with E-state index in [0.29, 0.717) is 12.1 Å². The number of nitrogens with two attached hydrogens (primary N) is 1. The zero-order valence-electron chi connectivity index (χ0n) is 10.9. The van der Waals surface area contributed by atoms with Gasteiger partial charge in [-0.1, -0.05) is 30.5 Å². The topological polar surface area (TPSA) is 70.6 Å². The Labute approximate surface area is 112 Å². The normalized spacial score (nSPS) is 16.4. The fraction of sp³-hybridized carbons (Fsp3) is 0.500. The van der Waals surface area contributed by atoms with Gasteiger partial charge in [-0.15, -0.1) is 0 Å². The van der Waals surface area contributed by atoms with E-state index in [2.05, 4.69) is 10.5 Å².